The number of hydroxylamine groups is 2. The van der Waals surface area contributed by atoms with Gasteiger partial charge in [-0.2, -0.15) is 0 Å². The highest BCUT2D eigenvalue weighted by atomic mass is 16.7. The van der Waals surface area contributed by atoms with E-state index < -0.39 is 6.04 Å². The lowest BCUT2D eigenvalue weighted by atomic mass is 10.1. The van der Waals surface area contributed by atoms with Gasteiger partial charge < -0.3 is 4.90 Å². The first-order valence-corrected chi connectivity index (χ1v) is 7.75. The van der Waals surface area contributed by atoms with Gasteiger partial charge in [0.1, 0.15) is 12.6 Å². The third-order valence-corrected chi connectivity index (χ3v) is 3.65. The highest BCUT2D eigenvalue weighted by Gasteiger charge is 2.37. The maximum atomic E-state index is 12.5. The summed E-state index contributed by atoms with van der Waals surface area (Å²) in [6.07, 6.45) is 0.536. The van der Waals surface area contributed by atoms with E-state index in [1.165, 1.54) is 9.96 Å². The first-order valence-electron chi connectivity index (χ1n) is 7.75. The Bertz CT molecular complexity index is 535. The van der Waals surface area contributed by atoms with Crippen LogP contribution in [-0.4, -0.2) is 60.1 Å². The number of urea groups is 1. The van der Waals surface area contributed by atoms with Crippen LogP contribution in [0.25, 0.3) is 0 Å². The standard InChI is InChI=1S/C16H24N4O3/c1-4-19-14(15(21)17-18(2)3)10-11-20(16(19)22)23-12-13-8-6-5-7-9-13/h5-9,14H,4,10-12H2,1-3H3,(H,17,21)/t14-/m0/s1. The molecule has 0 spiro atoms. The Morgan fingerprint density at radius 1 is 1.35 bits per heavy atom. The minimum atomic E-state index is -0.466. The van der Waals surface area contributed by atoms with E-state index >= 15 is 0 Å². The number of carbonyl (C=O) groups excluding carboxylic acids is 2. The van der Waals surface area contributed by atoms with Gasteiger partial charge in [-0.05, 0) is 18.9 Å². The van der Waals surface area contributed by atoms with Crippen LogP contribution in [0.1, 0.15) is 18.9 Å². The molecule has 7 heteroatoms. The zero-order chi connectivity index (χ0) is 16.8. The van der Waals surface area contributed by atoms with E-state index in [2.05, 4.69) is 5.43 Å². The molecule has 23 heavy (non-hydrogen) atoms. The van der Waals surface area contributed by atoms with E-state index in [-0.39, 0.29) is 11.9 Å². The molecule has 1 heterocycles. The summed E-state index contributed by atoms with van der Waals surface area (Å²) in [5.74, 6) is -0.173. The van der Waals surface area contributed by atoms with Gasteiger partial charge in [0.05, 0.1) is 6.54 Å². The molecule has 7 nitrogen and oxygen atoms in total. The van der Waals surface area contributed by atoms with Crippen molar-refractivity contribution in [1.82, 2.24) is 20.4 Å². The van der Waals surface area contributed by atoms with E-state index in [0.717, 1.165) is 5.56 Å². The van der Waals surface area contributed by atoms with E-state index in [9.17, 15) is 9.59 Å². The van der Waals surface area contributed by atoms with Gasteiger partial charge >= 0.3 is 6.03 Å². The molecule has 0 unspecified atom stereocenters. The highest BCUT2D eigenvalue weighted by molar-refractivity contribution is 5.87. The van der Waals surface area contributed by atoms with Crippen LogP contribution in [0.5, 0.6) is 0 Å². The summed E-state index contributed by atoms with van der Waals surface area (Å²) in [5.41, 5.74) is 3.71. The van der Waals surface area contributed by atoms with Crippen molar-refractivity contribution in [2.24, 2.45) is 0 Å². The summed E-state index contributed by atoms with van der Waals surface area (Å²) in [6.45, 7) is 3.04. The number of benzene rings is 1. The van der Waals surface area contributed by atoms with E-state index in [0.29, 0.717) is 26.1 Å². The van der Waals surface area contributed by atoms with Gasteiger partial charge in [0, 0.05) is 20.6 Å². The van der Waals surface area contributed by atoms with Gasteiger partial charge in [-0.15, -0.1) is 0 Å². The van der Waals surface area contributed by atoms with Crippen LogP contribution in [-0.2, 0) is 16.2 Å². The molecule has 0 bridgehead atoms. The Balaban J connectivity index is 1.96. The van der Waals surface area contributed by atoms with Gasteiger partial charge in [0.15, 0.2) is 0 Å². The fourth-order valence-electron chi connectivity index (χ4n) is 2.54. The molecule has 1 aliphatic heterocycles. The lowest BCUT2D eigenvalue weighted by Crippen LogP contribution is -2.60. The Morgan fingerprint density at radius 3 is 2.65 bits per heavy atom. The monoisotopic (exact) mass is 320 g/mol. The quantitative estimate of drug-likeness (QED) is 0.801. The van der Waals surface area contributed by atoms with Crippen LogP contribution < -0.4 is 5.43 Å². The van der Waals surface area contributed by atoms with E-state index in [1.807, 2.05) is 37.3 Å². The minimum absolute atomic E-state index is 0.173. The normalized spacial score (nSPS) is 18.4. The molecule has 2 rings (SSSR count). The maximum absolute atomic E-state index is 12.5. The van der Waals surface area contributed by atoms with Crippen molar-refractivity contribution >= 4 is 11.9 Å². The highest BCUT2D eigenvalue weighted by Crippen LogP contribution is 2.18. The maximum Gasteiger partial charge on any atom is 0.344 e. The fourth-order valence-corrected chi connectivity index (χ4v) is 2.54. The Hall–Kier alpha value is -2.12. The first kappa shape index (κ1) is 17.2. The SMILES string of the molecule is CCN1C(=O)N(OCc2ccccc2)CC[C@H]1C(=O)NN(C)C. The average Bonchev–Trinajstić information content (AvgIpc) is 2.53. The molecule has 1 aromatic rings. The van der Waals surface area contributed by atoms with Gasteiger partial charge in [-0.1, -0.05) is 30.3 Å². The number of amides is 3. The Kier molecular flexibility index (Phi) is 5.95. The predicted octanol–water partition coefficient (Wildman–Crippen LogP) is 1.23. The van der Waals surface area contributed by atoms with Crippen LogP contribution in [0.4, 0.5) is 4.79 Å². The minimum Gasteiger partial charge on any atom is -0.311 e. The predicted molar refractivity (Wildman–Crippen MR) is 85.9 cm³/mol. The molecule has 1 aliphatic rings. The van der Waals surface area contributed by atoms with Crippen molar-refractivity contribution in [3.05, 3.63) is 35.9 Å². The molecule has 1 atom stereocenters. The molecular weight excluding hydrogens is 296 g/mol. The van der Waals surface area contributed by atoms with Crippen LogP contribution in [0.3, 0.4) is 0 Å². The van der Waals surface area contributed by atoms with Crippen LogP contribution >= 0.6 is 0 Å². The first-order chi connectivity index (χ1) is 11.0. The second-order valence-corrected chi connectivity index (χ2v) is 5.60. The number of likely N-dealkylation sites (N-methyl/N-ethyl adjacent to an activating group) is 1. The summed E-state index contributed by atoms with van der Waals surface area (Å²) in [5, 5.41) is 2.93. The summed E-state index contributed by atoms with van der Waals surface area (Å²) in [7, 11) is 3.49. The second kappa shape index (κ2) is 7.94. The Morgan fingerprint density at radius 2 is 2.04 bits per heavy atom. The number of nitrogens with one attached hydrogen (secondary N) is 1. The lowest BCUT2D eigenvalue weighted by Gasteiger charge is -2.39. The van der Waals surface area contributed by atoms with Crippen molar-refractivity contribution in [1.29, 1.82) is 0 Å². The van der Waals surface area contributed by atoms with Crippen molar-refractivity contribution in [3.8, 4) is 0 Å². The third-order valence-electron chi connectivity index (χ3n) is 3.65. The lowest BCUT2D eigenvalue weighted by molar-refractivity contribution is -0.158. The van der Waals surface area contributed by atoms with Crippen LogP contribution in [0, 0.1) is 0 Å². The molecule has 1 saturated heterocycles. The number of carbonyl (C=O) groups is 2. The van der Waals surface area contributed by atoms with Crippen molar-refractivity contribution in [2.75, 3.05) is 27.2 Å². The van der Waals surface area contributed by atoms with Crippen molar-refractivity contribution in [3.63, 3.8) is 0 Å². The topological polar surface area (TPSA) is 65.1 Å². The van der Waals surface area contributed by atoms with E-state index in [1.54, 1.807) is 19.1 Å². The summed E-state index contributed by atoms with van der Waals surface area (Å²) in [6, 6.07) is 8.94. The largest absolute Gasteiger partial charge is 0.344 e. The zero-order valence-corrected chi connectivity index (χ0v) is 13.9. The molecule has 3 amide bonds. The number of hydrogen-bond donors (Lipinski definition) is 1. The number of nitrogens with zero attached hydrogens (tertiary/aromatic N) is 3. The van der Waals surface area contributed by atoms with Crippen LogP contribution in [0.2, 0.25) is 0 Å². The number of hydrazine groups is 1. The number of rotatable bonds is 6. The smallest absolute Gasteiger partial charge is 0.311 e. The summed E-state index contributed by atoms with van der Waals surface area (Å²) >= 11 is 0. The molecule has 0 aromatic heterocycles. The van der Waals surface area contributed by atoms with Crippen molar-refractivity contribution in [2.45, 2.75) is 26.0 Å². The van der Waals surface area contributed by atoms with Gasteiger partial charge in [0.25, 0.3) is 5.91 Å². The Labute approximate surface area is 136 Å². The average molecular weight is 320 g/mol. The van der Waals surface area contributed by atoms with Gasteiger partial charge in [-0.25, -0.2) is 14.9 Å². The van der Waals surface area contributed by atoms with Gasteiger partial charge in [0.2, 0.25) is 0 Å². The van der Waals surface area contributed by atoms with Gasteiger partial charge in [-0.3, -0.25) is 15.1 Å². The zero-order valence-electron chi connectivity index (χ0n) is 13.9. The molecule has 1 N–H and O–H groups in total. The molecule has 1 fully saturated rings. The summed E-state index contributed by atoms with van der Waals surface area (Å²) in [4.78, 5) is 31.9. The molecule has 0 saturated carbocycles. The fraction of sp³-hybridized carbons (Fsp3) is 0.500. The molecular formula is C16H24N4O3. The van der Waals surface area contributed by atoms with E-state index in [4.69, 9.17) is 4.84 Å². The second-order valence-electron chi connectivity index (χ2n) is 5.60. The van der Waals surface area contributed by atoms with Crippen molar-refractivity contribution < 1.29 is 14.4 Å². The molecule has 126 valence electrons. The molecule has 0 radical (unpaired) electrons. The summed E-state index contributed by atoms with van der Waals surface area (Å²) < 4.78 is 0. The van der Waals surface area contributed by atoms with Crippen LogP contribution in [0.15, 0.2) is 30.3 Å². The molecule has 1 aromatic carbocycles. The number of hydrogen-bond acceptors (Lipinski definition) is 4. The third kappa shape index (κ3) is 4.43. The molecule has 0 aliphatic carbocycles.